The van der Waals surface area contributed by atoms with Gasteiger partial charge in [-0.2, -0.15) is 0 Å². The molecule has 0 bridgehead atoms. The summed E-state index contributed by atoms with van der Waals surface area (Å²) in [5.74, 6) is 0. The van der Waals surface area contributed by atoms with E-state index in [4.69, 9.17) is 4.74 Å². The van der Waals surface area contributed by atoms with Gasteiger partial charge in [0.15, 0.2) is 0 Å². The number of ether oxygens (including phenoxy) is 1. The Bertz CT molecular complexity index is 408. The van der Waals surface area contributed by atoms with E-state index in [1.54, 1.807) is 6.26 Å². The molecule has 2 heteroatoms. The molecular formula is C11H9NO. The summed E-state index contributed by atoms with van der Waals surface area (Å²) in [5.41, 5.74) is 2.25. The molecule has 2 nitrogen and oxygen atoms in total. The number of para-hydroxylation sites is 1. The predicted octanol–water partition coefficient (Wildman–Crippen LogP) is 2.18. The third-order valence-corrected chi connectivity index (χ3v) is 2.62. The summed E-state index contributed by atoms with van der Waals surface area (Å²) in [6.07, 6.45) is 5.80. The van der Waals surface area contributed by atoms with Crippen LogP contribution in [0, 0.1) is 0 Å². The number of hydrogen-bond donors (Lipinski definition) is 0. The maximum absolute atomic E-state index is 5.27. The Labute approximate surface area is 76.6 Å². The number of nitrogens with zero attached hydrogens (tertiary/aromatic N) is 1. The Morgan fingerprint density at radius 1 is 1.31 bits per heavy atom. The van der Waals surface area contributed by atoms with E-state index in [9.17, 15) is 0 Å². The molecule has 64 valence electrons. The van der Waals surface area contributed by atoms with Gasteiger partial charge in [-0.3, -0.25) is 4.99 Å². The first-order valence-corrected chi connectivity index (χ1v) is 4.35. The van der Waals surface area contributed by atoms with E-state index in [1.807, 2.05) is 24.4 Å². The van der Waals surface area contributed by atoms with Gasteiger partial charge < -0.3 is 4.74 Å². The van der Waals surface area contributed by atoms with Gasteiger partial charge in [0, 0.05) is 6.21 Å². The molecule has 1 atom stereocenters. The molecule has 1 aromatic carbocycles. The second-order valence-electron chi connectivity index (χ2n) is 3.43. The van der Waals surface area contributed by atoms with Gasteiger partial charge in [-0.15, -0.1) is 0 Å². The first-order chi connectivity index (χ1) is 6.41. The van der Waals surface area contributed by atoms with Crippen molar-refractivity contribution >= 4 is 11.9 Å². The molecule has 2 aliphatic rings. The first kappa shape index (κ1) is 6.89. The van der Waals surface area contributed by atoms with E-state index in [2.05, 4.69) is 17.1 Å². The Kier molecular flexibility index (Phi) is 1.18. The van der Waals surface area contributed by atoms with E-state index in [1.165, 1.54) is 5.56 Å². The van der Waals surface area contributed by atoms with Gasteiger partial charge in [0.1, 0.15) is 6.61 Å². The molecular weight excluding hydrogens is 162 g/mol. The van der Waals surface area contributed by atoms with Crippen LogP contribution in [0.3, 0.4) is 0 Å². The van der Waals surface area contributed by atoms with Crippen LogP contribution in [0.2, 0.25) is 0 Å². The van der Waals surface area contributed by atoms with Crippen molar-refractivity contribution < 1.29 is 4.74 Å². The van der Waals surface area contributed by atoms with E-state index >= 15 is 0 Å². The molecule has 2 aliphatic heterocycles. The highest BCUT2D eigenvalue weighted by atomic mass is 16.5. The monoisotopic (exact) mass is 171 g/mol. The SMILES string of the molecule is C1=CC2(C=Nc3ccccc32)CO1. The second kappa shape index (κ2) is 2.22. The number of aliphatic imine (C=N–C) groups is 1. The largest absolute Gasteiger partial charge is 0.500 e. The van der Waals surface area contributed by atoms with Gasteiger partial charge in [0.05, 0.1) is 17.4 Å². The lowest BCUT2D eigenvalue weighted by Crippen LogP contribution is -2.24. The molecule has 0 fully saturated rings. The molecule has 0 saturated carbocycles. The zero-order chi connectivity index (χ0) is 8.73. The fourth-order valence-corrected chi connectivity index (χ4v) is 1.89. The van der Waals surface area contributed by atoms with Gasteiger partial charge in [0.25, 0.3) is 0 Å². The zero-order valence-corrected chi connectivity index (χ0v) is 7.10. The van der Waals surface area contributed by atoms with Crippen LogP contribution in [-0.2, 0) is 10.2 Å². The molecule has 1 spiro atoms. The number of fused-ring (bicyclic) bond motifs is 2. The maximum atomic E-state index is 5.27. The normalized spacial score (nSPS) is 28.0. The van der Waals surface area contributed by atoms with Crippen molar-refractivity contribution in [1.29, 1.82) is 0 Å². The van der Waals surface area contributed by atoms with Crippen LogP contribution >= 0.6 is 0 Å². The molecule has 1 unspecified atom stereocenters. The van der Waals surface area contributed by atoms with Crippen LogP contribution in [0.25, 0.3) is 0 Å². The van der Waals surface area contributed by atoms with Crippen molar-refractivity contribution in [3.8, 4) is 0 Å². The molecule has 0 saturated heterocycles. The molecule has 0 aromatic heterocycles. The van der Waals surface area contributed by atoms with Crippen molar-refractivity contribution in [2.45, 2.75) is 5.41 Å². The van der Waals surface area contributed by atoms with Crippen LogP contribution in [0.5, 0.6) is 0 Å². The van der Waals surface area contributed by atoms with Crippen LogP contribution in [0.1, 0.15) is 5.56 Å². The van der Waals surface area contributed by atoms with Gasteiger partial charge in [-0.1, -0.05) is 18.2 Å². The van der Waals surface area contributed by atoms with Crippen molar-refractivity contribution in [1.82, 2.24) is 0 Å². The minimum atomic E-state index is -0.0728. The quantitative estimate of drug-likeness (QED) is 0.586. The number of benzene rings is 1. The van der Waals surface area contributed by atoms with E-state index in [-0.39, 0.29) is 5.41 Å². The van der Waals surface area contributed by atoms with Gasteiger partial charge in [-0.25, -0.2) is 0 Å². The highest BCUT2D eigenvalue weighted by molar-refractivity contribution is 5.88. The van der Waals surface area contributed by atoms with Gasteiger partial charge in [-0.05, 0) is 17.7 Å². The molecule has 0 amide bonds. The highest BCUT2D eigenvalue weighted by Gasteiger charge is 2.37. The molecule has 0 radical (unpaired) electrons. The highest BCUT2D eigenvalue weighted by Crippen LogP contribution is 2.39. The van der Waals surface area contributed by atoms with Crippen LogP contribution < -0.4 is 0 Å². The molecule has 3 rings (SSSR count). The van der Waals surface area contributed by atoms with Crippen LogP contribution in [0.4, 0.5) is 5.69 Å². The molecule has 13 heavy (non-hydrogen) atoms. The molecule has 2 heterocycles. The lowest BCUT2D eigenvalue weighted by atomic mass is 9.84. The standard InChI is InChI=1S/C11H9NO/c1-2-4-10-9(3-1)11(7-12-10)5-6-13-8-11/h1-7H,8H2. The summed E-state index contributed by atoms with van der Waals surface area (Å²) in [6, 6.07) is 8.20. The summed E-state index contributed by atoms with van der Waals surface area (Å²) < 4.78 is 5.27. The smallest absolute Gasteiger partial charge is 0.106 e. The molecule has 1 aromatic rings. The molecule has 0 aliphatic carbocycles. The van der Waals surface area contributed by atoms with Crippen LogP contribution in [0.15, 0.2) is 41.6 Å². The second-order valence-corrected chi connectivity index (χ2v) is 3.43. The number of hydrogen-bond acceptors (Lipinski definition) is 2. The Balaban J connectivity index is 2.22. The Hall–Kier alpha value is -1.57. The van der Waals surface area contributed by atoms with Crippen LogP contribution in [-0.4, -0.2) is 12.8 Å². The van der Waals surface area contributed by atoms with E-state index in [0.717, 1.165) is 5.69 Å². The fraction of sp³-hybridized carbons (Fsp3) is 0.182. The summed E-state index contributed by atoms with van der Waals surface area (Å²) >= 11 is 0. The van der Waals surface area contributed by atoms with Crippen molar-refractivity contribution in [2.24, 2.45) is 4.99 Å². The fourth-order valence-electron chi connectivity index (χ4n) is 1.89. The Morgan fingerprint density at radius 3 is 3.08 bits per heavy atom. The van der Waals surface area contributed by atoms with Crippen molar-refractivity contribution in [2.75, 3.05) is 6.61 Å². The minimum absolute atomic E-state index is 0.0728. The summed E-state index contributed by atoms with van der Waals surface area (Å²) in [6.45, 7) is 0.688. The maximum Gasteiger partial charge on any atom is 0.106 e. The van der Waals surface area contributed by atoms with Gasteiger partial charge in [0.2, 0.25) is 0 Å². The van der Waals surface area contributed by atoms with E-state index in [0.29, 0.717) is 6.61 Å². The zero-order valence-electron chi connectivity index (χ0n) is 7.10. The van der Waals surface area contributed by atoms with Crippen molar-refractivity contribution in [3.63, 3.8) is 0 Å². The topological polar surface area (TPSA) is 21.6 Å². The first-order valence-electron chi connectivity index (χ1n) is 4.35. The predicted molar refractivity (Wildman–Crippen MR) is 51.4 cm³/mol. The van der Waals surface area contributed by atoms with Gasteiger partial charge >= 0.3 is 0 Å². The van der Waals surface area contributed by atoms with Crippen molar-refractivity contribution in [3.05, 3.63) is 42.2 Å². The van der Waals surface area contributed by atoms with E-state index < -0.39 is 0 Å². The lowest BCUT2D eigenvalue weighted by molar-refractivity contribution is 0.257. The summed E-state index contributed by atoms with van der Waals surface area (Å²) in [5, 5.41) is 0. The lowest BCUT2D eigenvalue weighted by Gasteiger charge is -2.16. The minimum Gasteiger partial charge on any atom is -0.500 e. The average Bonchev–Trinajstić information content (AvgIpc) is 2.78. The molecule has 0 N–H and O–H groups in total. The third kappa shape index (κ3) is 0.800. The summed E-state index contributed by atoms with van der Waals surface area (Å²) in [4.78, 5) is 4.38. The third-order valence-electron chi connectivity index (χ3n) is 2.62. The Morgan fingerprint density at radius 2 is 2.23 bits per heavy atom. The average molecular weight is 171 g/mol. The summed E-state index contributed by atoms with van der Waals surface area (Å²) in [7, 11) is 0. The number of rotatable bonds is 0.